The van der Waals surface area contributed by atoms with Crippen molar-refractivity contribution in [2.45, 2.75) is 48.2 Å². The Kier molecular flexibility index (Phi) is 9.64. The van der Waals surface area contributed by atoms with Crippen LogP contribution in [0, 0.1) is 0 Å². The van der Waals surface area contributed by atoms with Crippen molar-refractivity contribution >= 4 is 35.6 Å². The number of phenolic OH excluding ortho intramolecular Hbond substituents is 11. The summed E-state index contributed by atoms with van der Waals surface area (Å²) in [5, 5.41) is 150. The van der Waals surface area contributed by atoms with Gasteiger partial charge in [0.05, 0.1) is 28.2 Å². The van der Waals surface area contributed by atoms with Crippen molar-refractivity contribution in [1.29, 1.82) is 0 Å². The largest absolute Gasteiger partial charge is 0.504 e. The van der Waals surface area contributed by atoms with E-state index in [0.29, 0.717) is 36.4 Å². The maximum absolute atomic E-state index is 14.4. The number of aromatic hydroxyl groups is 11. The van der Waals surface area contributed by atoms with Crippen molar-refractivity contribution in [3.8, 4) is 80.1 Å². The second kappa shape index (κ2) is 14.8. The first-order valence-corrected chi connectivity index (χ1v) is 19.1. The molecule has 1 fully saturated rings. The minimum absolute atomic E-state index is 0.354. The van der Waals surface area contributed by atoms with Gasteiger partial charge < -0.3 is 105 Å². The number of benzene rings is 4. The topological polar surface area (TPSA) is 450 Å². The molecule has 4 bridgehead atoms. The second-order valence-corrected chi connectivity index (χ2v) is 15.5. The van der Waals surface area contributed by atoms with Crippen LogP contribution < -0.4 is 4.74 Å². The molecule has 68 heavy (non-hydrogen) atoms. The highest BCUT2D eigenvalue weighted by Crippen LogP contribution is 2.58. The standard InChI is InChI=1S/C41H28O27/c42-14-1-8(2-15(43)24(14)48)34(54)67-39-33-32(65-36(56)9-4-16(44)25(49)27(51)20(9)21-10(37(57)66-33)5-17(45)26(50)28(21)52)31-18(63-39)7-62-35(55)12-6-19(46)41(61)40(59,60)22(12)11-3-13(38(58)64-31)23(47)29(53)30(11)68-41/h1-6,18,22,31-33,39,42-45,47-53,59-61H,7H2/t18-,22-,31-,32+,33-,39-,41+/m0/s1. The van der Waals surface area contributed by atoms with Gasteiger partial charge in [-0.05, 0) is 36.4 Å². The van der Waals surface area contributed by atoms with E-state index in [1.165, 1.54) is 0 Å². The van der Waals surface area contributed by atoms with Gasteiger partial charge in [0, 0.05) is 16.7 Å². The number of fused-ring (bicyclic) bond motifs is 8. The van der Waals surface area contributed by atoms with Crippen molar-refractivity contribution in [1.82, 2.24) is 0 Å². The fourth-order valence-electron chi connectivity index (χ4n) is 8.21. The Balaban J connectivity index is 1.25. The van der Waals surface area contributed by atoms with E-state index >= 15 is 0 Å². The van der Waals surface area contributed by atoms with Gasteiger partial charge in [-0.2, -0.15) is 0 Å². The number of aliphatic hydroxyl groups is 3. The van der Waals surface area contributed by atoms with E-state index in [1.807, 2.05) is 0 Å². The molecular weight excluding hydrogens is 924 g/mol. The van der Waals surface area contributed by atoms with Crippen LogP contribution in [0.3, 0.4) is 0 Å². The average molecular weight is 953 g/mol. The van der Waals surface area contributed by atoms with Crippen LogP contribution >= 0.6 is 0 Å². The number of phenols is 11. The smallest absolute Gasteiger partial charge is 0.342 e. The Hall–Kier alpha value is -8.92. The van der Waals surface area contributed by atoms with Gasteiger partial charge in [0.25, 0.3) is 5.79 Å². The van der Waals surface area contributed by atoms with E-state index in [2.05, 4.69) is 0 Å². The molecule has 1 saturated heterocycles. The zero-order chi connectivity index (χ0) is 49.4. The normalized spacial score (nSPS) is 25.7. The van der Waals surface area contributed by atoms with Crippen LogP contribution in [0.15, 0.2) is 42.0 Å². The molecule has 14 N–H and O–H groups in total. The van der Waals surface area contributed by atoms with Crippen molar-refractivity contribution in [2.24, 2.45) is 0 Å². The summed E-state index contributed by atoms with van der Waals surface area (Å²) in [6.45, 7) is -1.31. The molecule has 4 aliphatic heterocycles. The Morgan fingerprint density at radius 2 is 1.09 bits per heavy atom. The first kappa shape index (κ1) is 44.3. The van der Waals surface area contributed by atoms with Gasteiger partial charge in [0.2, 0.25) is 35.4 Å². The van der Waals surface area contributed by atoms with Gasteiger partial charge >= 0.3 is 35.6 Å². The highest BCUT2D eigenvalue weighted by molar-refractivity contribution is 6.09. The van der Waals surface area contributed by atoms with E-state index in [0.717, 1.165) is 0 Å². The summed E-state index contributed by atoms with van der Waals surface area (Å²) in [5.41, 5.74) is -8.05. The van der Waals surface area contributed by atoms with Gasteiger partial charge in [-0.1, -0.05) is 0 Å². The summed E-state index contributed by atoms with van der Waals surface area (Å²) in [4.78, 5) is 83.9. The summed E-state index contributed by atoms with van der Waals surface area (Å²) in [6.07, 6.45) is -11.9. The minimum Gasteiger partial charge on any atom is -0.504 e. The van der Waals surface area contributed by atoms with Crippen LogP contribution in [0.1, 0.15) is 52.9 Å². The van der Waals surface area contributed by atoms with Gasteiger partial charge in [-0.25, -0.2) is 24.0 Å². The monoisotopic (exact) mass is 952 g/mol. The SMILES string of the molecule is O=C1OC[C@@H]2O[C@@H](OC(=O)c3cc(O)c(O)c(O)c3)[C@H]3OC(=O)c4cc(O)c(O)c(O)c4-c4c(cc(O)c(O)c4O)C(=O)O[C@@H]3[C@H]2OC(=O)c2cc3c(c(O)c2O)O[C@]2(O)C(=O)C=C1[C@H]3C2(O)O. The Morgan fingerprint density at radius 1 is 0.574 bits per heavy atom. The molecule has 27 nitrogen and oxygen atoms in total. The lowest BCUT2D eigenvalue weighted by molar-refractivity contribution is -0.339. The van der Waals surface area contributed by atoms with Crippen molar-refractivity contribution < 1.29 is 133 Å². The summed E-state index contributed by atoms with van der Waals surface area (Å²) < 4.78 is 38.6. The molecule has 0 saturated carbocycles. The molecule has 27 heteroatoms. The van der Waals surface area contributed by atoms with Gasteiger partial charge in [0.15, 0.2) is 64.0 Å². The lowest BCUT2D eigenvalue weighted by Gasteiger charge is -2.49. The maximum Gasteiger partial charge on any atom is 0.342 e. The number of ether oxygens (including phenoxy) is 7. The number of esters is 5. The highest BCUT2D eigenvalue weighted by Gasteiger charge is 2.69. The molecule has 0 amide bonds. The van der Waals surface area contributed by atoms with Gasteiger partial charge in [-0.3, -0.25) is 4.79 Å². The van der Waals surface area contributed by atoms with Crippen molar-refractivity contribution in [2.75, 3.05) is 6.61 Å². The number of rotatable bonds is 2. The summed E-state index contributed by atoms with van der Waals surface area (Å²) >= 11 is 0. The predicted molar refractivity (Wildman–Crippen MR) is 204 cm³/mol. The number of cyclic esters (lactones) is 1. The van der Waals surface area contributed by atoms with E-state index in [1.54, 1.807) is 0 Å². The summed E-state index contributed by atoms with van der Waals surface area (Å²) in [6, 6.07) is 2.48. The highest BCUT2D eigenvalue weighted by atomic mass is 16.7. The van der Waals surface area contributed by atoms with Gasteiger partial charge in [-0.15, -0.1) is 0 Å². The Labute approximate surface area is 373 Å². The fourth-order valence-corrected chi connectivity index (χ4v) is 8.21. The minimum atomic E-state index is -3.79. The number of hydrogen-bond donors (Lipinski definition) is 14. The number of hydrogen-bond acceptors (Lipinski definition) is 27. The van der Waals surface area contributed by atoms with E-state index in [9.17, 15) is 100 Å². The molecule has 9 rings (SSSR count). The molecule has 4 aromatic carbocycles. The fraction of sp³-hybridized carbons (Fsp3) is 0.220. The summed E-state index contributed by atoms with van der Waals surface area (Å²) in [5.74, 6) is -35.7. The average Bonchev–Trinajstić information content (AvgIpc) is 3.27. The van der Waals surface area contributed by atoms with Crippen LogP contribution in [0.25, 0.3) is 11.1 Å². The lowest BCUT2D eigenvalue weighted by Crippen LogP contribution is -2.70. The van der Waals surface area contributed by atoms with E-state index in [4.69, 9.17) is 33.2 Å². The molecular formula is C41H28O27. The first-order valence-electron chi connectivity index (χ1n) is 19.1. The molecule has 0 unspecified atom stereocenters. The zero-order valence-corrected chi connectivity index (χ0v) is 33.2. The molecule has 0 aromatic heterocycles. The van der Waals surface area contributed by atoms with Crippen LogP contribution in [0.2, 0.25) is 0 Å². The van der Waals surface area contributed by atoms with Crippen LogP contribution in [0.4, 0.5) is 0 Å². The maximum atomic E-state index is 14.4. The predicted octanol–water partition coefficient (Wildman–Crippen LogP) is -1.10. The Bertz CT molecular complexity index is 3020. The number of carbonyl (C=O) groups is 6. The zero-order valence-electron chi connectivity index (χ0n) is 33.2. The molecule has 354 valence electrons. The quantitative estimate of drug-likeness (QED) is 0.0491. The van der Waals surface area contributed by atoms with Crippen molar-refractivity contribution in [3.63, 3.8) is 0 Å². The molecule has 5 aliphatic rings. The first-order chi connectivity index (χ1) is 31.9. The third kappa shape index (κ3) is 6.21. The molecule has 7 atom stereocenters. The van der Waals surface area contributed by atoms with E-state index in [-0.39, 0.29) is 0 Å². The molecule has 0 radical (unpaired) electrons. The molecule has 0 spiro atoms. The third-order valence-corrected chi connectivity index (χ3v) is 11.5. The van der Waals surface area contributed by atoms with Crippen LogP contribution in [-0.4, -0.2) is 156 Å². The third-order valence-electron chi connectivity index (χ3n) is 11.5. The summed E-state index contributed by atoms with van der Waals surface area (Å²) in [7, 11) is 0. The molecule has 4 heterocycles. The van der Waals surface area contributed by atoms with Crippen molar-refractivity contribution in [3.05, 3.63) is 69.8 Å². The number of carbonyl (C=O) groups excluding carboxylic acids is 6. The number of ketones is 1. The lowest BCUT2D eigenvalue weighted by atomic mass is 9.71. The van der Waals surface area contributed by atoms with Crippen LogP contribution in [-0.2, 0) is 38.0 Å². The van der Waals surface area contributed by atoms with E-state index < -0.39 is 204 Å². The molecule has 1 aliphatic carbocycles. The molecule has 4 aromatic rings. The van der Waals surface area contributed by atoms with Gasteiger partial charge in [0.1, 0.15) is 18.3 Å². The second-order valence-electron chi connectivity index (χ2n) is 15.5. The Morgan fingerprint density at radius 3 is 1.66 bits per heavy atom. The van der Waals surface area contributed by atoms with Crippen LogP contribution in [0.5, 0.6) is 69.0 Å².